The maximum Gasteiger partial charge on any atom is 0.352 e. The first-order valence-electron chi connectivity index (χ1n) is 9.29. The molecule has 0 bridgehead atoms. The van der Waals surface area contributed by atoms with Gasteiger partial charge >= 0.3 is 11.9 Å². The molecule has 7 heteroatoms. The fraction of sp³-hybridized carbons (Fsp3) is 0.227. The van der Waals surface area contributed by atoms with E-state index in [1.54, 1.807) is 6.92 Å². The van der Waals surface area contributed by atoms with E-state index in [4.69, 9.17) is 9.47 Å². The number of hydrogen-bond donors (Lipinski definition) is 1. The lowest BCUT2D eigenvalue weighted by atomic mass is 9.93. The smallest absolute Gasteiger partial charge is 0.352 e. The number of carbonyl (C=O) groups is 3. The van der Waals surface area contributed by atoms with E-state index in [-0.39, 0.29) is 17.6 Å². The molecule has 148 valence electrons. The number of esters is 2. The van der Waals surface area contributed by atoms with E-state index in [1.165, 1.54) is 0 Å². The Hall–Kier alpha value is -3.06. The molecule has 1 aliphatic rings. The van der Waals surface area contributed by atoms with Crippen LogP contribution >= 0.6 is 11.8 Å². The highest BCUT2D eigenvalue weighted by atomic mass is 32.2. The molecular formula is C22H19NO5S. The Morgan fingerprint density at radius 3 is 2.28 bits per heavy atom. The zero-order valence-corrected chi connectivity index (χ0v) is 16.5. The molecule has 1 N–H and O–H groups in total. The van der Waals surface area contributed by atoms with Crippen molar-refractivity contribution in [1.29, 1.82) is 0 Å². The predicted octanol–water partition coefficient (Wildman–Crippen LogP) is 3.97. The highest BCUT2D eigenvalue weighted by molar-refractivity contribution is 8.14. The molecule has 0 spiro atoms. The van der Waals surface area contributed by atoms with Crippen molar-refractivity contribution in [3.05, 3.63) is 60.2 Å². The molecule has 1 aliphatic heterocycles. The second kappa shape index (κ2) is 8.13. The molecule has 4 rings (SSSR count). The summed E-state index contributed by atoms with van der Waals surface area (Å²) < 4.78 is 10.9. The monoisotopic (exact) mass is 409 g/mol. The number of thioether (sulfide) groups is 1. The molecule has 2 atom stereocenters. The van der Waals surface area contributed by atoms with Gasteiger partial charge in [-0.2, -0.15) is 0 Å². The second-order valence-electron chi connectivity index (χ2n) is 6.60. The number of amides is 1. The van der Waals surface area contributed by atoms with E-state index >= 15 is 0 Å². The Labute approximate surface area is 171 Å². The van der Waals surface area contributed by atoms with Crippen LogP contribution in [0.2, 0.25) is 0 Å². The molecule has 3 aromatic rings. The molecule has 1 heterocycles. The Balaban J connectivity index is 1.85. The van der Waals surface area contributed by atoms with Crippen LogP contribution in [0.5, 0.6) is 0 Å². The Morgan fingerprint density at radius 1 is 1.10 bits per heavy atom. The average molecular weight is 409 g/mol. The molecule has 1 saturated heterocycles. The van der Waals surface area contributed by atoms with Crippen molar-refractivity contribution in [1.82, 2.24) is 5.32 Å². The van der Waals surface area contributed by atoms with Gasteiger partial charge in [0.2, 0.25) is 6.10 Å². The minimum absolute atomic E-state index is 0.158. The van der Waals surface area contributed by atoms with Gasteiger partial charge in [0.25, 0.3) is 5.24 Å². The van der Waals surface area contributed by atoms with Crippen LogP contribution in [0.4, 0.5) is 4.79 Å². The van der Waals surface area contributed by atoms with Crippen molar-refractivity contribution in [2.75, 3.05) is 12.4 Å². The summed E-state index contributed by atoms with van der Waals surface area (Å²) in [5.41, 5.74) is 0.586. The zero-order valence-electron chi connectivity index (χ0n) is 15.7. The van der Waals surface area contributed by atoms with Gasteiger partial charge in [-0.05, 0) is 34.5 Å². The number of ether oxygens (including phenoxy) is 2. The first-order valence-corrected chi connectivity index (χ1v) is 10.3. The van der Waals surface area contributed by atoms with Crippen LogP contribution in [0, 0.1) is 0 Å². The number of carbonyl (C=O) groups excluding carboxylic acids is 3. The molecule has 1 fully saturated rings. The summed E-state index contributed by atoms with van der Waals surface area (Å²) in [5, 5.41) is 5.74. The lowest BCUT2D eigenvalue weighted by Gasteiger charge is -2.22. The lowest BCUT2D eigenvalue weighted by molar-refractivity contribution is -0.168. The predicted molar refractivity (Wildman–Crippen MR) is 112 cm³/mol. The van der Waals surface area contributed by atoms with Gasteiger partial charge < -0.3 is 14.8 Å². The van der Waals surface area contributed by atoms with Crippen LogP contribution in [0.3, 0.4) is 0 Å². The Morgan fingerprint density at radius 2 is 1.72 bits per heavy atom. The molecule has 0 saturated carbocycles. The van der Waals surface area contributed by atoms with Crippen molar-refractivity contribution in [3.63, 3.8) is 0 Å². The van der Waals surface area contributed by atoms with Crippen molar-refractivity contribution < 1.29 is 23.9 Å². The first-order chi connectivity index (χ1) is 14.1. The molecule has 0 unspecified atom stereocenters. The fourth-order valence-electron chi connectivity index (χ4n) is 3.48. The van der Waals surface area contributed by atoms with Crippen LogP contribution in [-0.2, 0) is 19.1 Å². The van der Waals surface area contributed by atoms with Crippen LogP contribution in [0.15, 0.2) is 54.6 Å². The molecular weight excluding hydrogens is 390 g/mol. The van der Waals surface area contributed by atoms with Gasteiger partial charge in [0.05, 0.1) is 6.61 Å². The van der Waals surface area contributed by atoms with E-state index in [1.807, 2.05) is 54.6 Å². The quantitative estimate of drug-likeness (QED) is 0.507. The minimum Gasteiger partial charge on any atom is -0.463 e. The van der Waals surface area contributed by atoms with Crippen molar-refractivity contribution in [2.24, 2.45) is 0 Å². The van der Waals surface area contributed by atoms with Gasteiger partial charge in [-0.3, -0.25) is 4.79 Å². The highest BCUT2D eigenvalue weighted by Gasteiger charge is 2.35. The van der Waals surface area contributed by atoms with E-state index in [2.05, 4.69) is 5.32 Å². The minimum atomic E-state index is -1.24. The number of fused-ring (bicyclic) bond motifs is 2. The highest BCUT2D eigenvalue weighted by Crippen LogP contribution is 2.35. The van der Waals surface area contributed by atoms with Gasteiger partial charge in [-0.1, -0.05) is 60.3 Å². The molecule has 0 aromatic heterocycles. The molecule has 6 nitrogen and oxygen atoms in total. The Kier molecular flexibility index (Phi) is 5.40. The lowest BCUT2D eigenvalue weighted by Crippen LogP contribution is -2.38. The number of nitrogens with one attached hydrogen (secondary N) is 1. The summed E-state index contributed by atoms with van der Waals surface area (Å²) >= 11 is 1.01. The van der Waals surface area contributed by atoms with Crippen molar-refractivity contribution in [2.45, 2.75) is 19.1 Å². The maximum atomic E-state index is 12.9. The summed E-state index contributed by atoms with van der Waals surface area (Å²) in [5.74, 6) is -1.03. The van der Waals surface area contributed by atoms with E-state index < -0.39 is 24.1 Å². The maximum absolute atomic E-state index is 12.9. The molecule has 0 radical (unpaired) electrons. The molecule has 3 aromatic carbocycles. The zero-order chi connectivity index (χ0) is 20.4. The van der Waals surface area contributed by atoms with E-state index in [9.17, 15) is 14.4 Å². The van der Waals surface area contributed by atoms with Gasteiger partial charge in [-0.25, -0.2) is 9.59 Å². The second-order valence-corrected chi connectivity index (χ2v) is 7.59. The number of hydrogen-bond acceptors (Lipinski definition) is 6. The summed E-state index contributed by atoms with van der Waals surface area (Å²) in [6.07, 6.45) is -1.24. The third-order valence-electron chi connectivity index (χ3n) is 4.77. The van der Waals surface area contributed by atoms with E-state index in [0.717, 1.165) is 33.3 Å². The summed E-state index contributed by atoms with van der Waals surface area (Å²) in [4.78, 5) is 37.0. The van der Waals surface area contributed by atoms with Crippen LogP contribution in [0.25, 0.3) is 21.5 Å². The summed E-state index contributed by atoms with van der Waals surface area (Å²) in [6.45, 7) is 1.86. The Bertz CT molecular complexity index is 1060. The van der Waals surface area contributed by atoms with Crippen LogP contribution in [-0.4, -0.2) is 35.6 Å². The van der Waals surface area contributed by atoms with Gasteiger partial charge in [0.1, 0.15) is 6.04 Å². The summed E-state index contributed by atoms with van der Waals surface area (Å²) in [7, 11) is 0. The van der Waals surface area contributed by atoms with Gasteiger partial charge in [0, 0.05) is 11.3 Å². The fourth-order valence-corrected chi connectivity index (χ4v) is 4.25. The molecule has 29 heavy (non-hydrogen) atoms. The van der Waals surface area contributed by atoms with Crippen LogP contribution in [0.1, 0.15) is 18.6 Å². The summed E-state index contributed by atoms with van der Waals surface area (Å²) in [6, 6.07) is 16.5. The van der Waals surface area contributed by atoms with Gasteiger partial charge in [0.15, 0.2) is 0 Å². The molecule has 0 aliphatic carbocycles. The van der Waals surface area contributed by atoms with Crippen LogP contribution < -0.4 is 5.32 Å². The third-order valence-corrected chi connectivity index (χ3v) is 5.65. The standard InChI is InChI=1S/C22H19NO5S/c1-2-27-21(25)19(28-20(24)17-12-29-22(26)23-17)18-15-9-5-3-7-13(15)11-14-8-4-6-10-16(14)18/h3-11,17,19H,2,12H2,1H3,(H,23,26)/t17-,19-/m0/s1. The van der Waals surface area contributed by atoms with E-state index in [0.29, 0.717) is 5.56 Å². The largest absolute Gasteiger partial charge is 0.463 e. The molecule has 1 amide bonds. The topological polar surface area (TPSA) is 81.7 Å². The normalized spacial score (nSPS) is 17.1. The number of rotatable bonds is 5. The average Bonchev–Trinajstić information content (AvgIpc) is 3.17. The van der Waals surface area contributed by atoms with Crippen molar-refractivity contribution in [3.8, 4) is 0 Å². The number of benzene rings is 3. The first kappa shape index (κ1) is 19.3. The van der Waals surface area contributed by atoms with Gasteiger partial charge in [-0.15, -0.1) is 0 Å². The third kappa shape index (κ3) is 3.78. The SMILES string of the molecule is CCOC(=O)[C@@H](OC(=O)[C@@H]1CSC(=O)N1)c1c2ccccc2cc2ccccc12. The van der Waals surface area contributed by atoms with Crippen molar-refractivity contribution >= 4 is 50.5 Å².